The number of hydrogen-bond acceptors (Lipinski definition) is 4. The molecule has 0 aliphatic carbocycles. The molecule has 0 aromatic heterocycles. The van der Waals surface area contributed by atoms with Crippen LogP contribution >= 0.6 is 0 Å². The van der Waals surface area contributed by atoms with Gasteiger partial charge >= 0.3 is 12.4 Å². The first-order valence-electron chi connectivity index (χ1n) is 8.13. The number of benzene rings is 2. The number of hydrogen-bond donors (Lipinski definition) is 2. The Morgan fingerprint density at radius 1 is 0.700 bits per heavy atom. The van der Waals surface area contributed by atoms with Crippen molar-refractivity contribution in [2.45, 2.75) is 12.4 Å². The minimum atomic E-state index is -4.57. The molecule has 2 N–H and O–H groups in total. The summed E-state index contributed by atoms with van der Waals surface area (Å²) in [6.45, 7) is -1.40. The lowest BCUT2D eigenvalue weighted by molar-refractivity contribution is -0.138. The van der Waals surface area contributed by atoms with Gasteiger partial charge in [0.15, 0.2) is 13.2 Å². The molecule has 0 unspecified atom stereocenters. The molecule has 0 fully saturated rings. The first-order chi connectivity index (χ1) is 13.9. The molecule has 2 aromatic rings. The average molecular weight is 436 g/mol. The lowest BCUT2D eigenvalue weighted by Gasteiger charge is -2.12. The molecule has 2 rings (SSSR count). The maximum atomic E-state index is 12.6. The molecule has 2 aromatic carbocycles. The molecule has 162 valence electrons. The minimum Gasteiger partial charge on any atom is -0.484 e. The summed E-state index contributed by atoms with van der Waals surface area (Å²) in [4.78, 5) is 23.2. The number of halogens is 6. The van der Waals surface area contributed by atoms with E-state index in [0.29, 0.717) is 12.1 Å². The summed E-state index contributed by atoms with van der Waals surface area (Å²) in [6.07, 6.45) is -9.15. The summed E-state index contributed by atoms with van der Waals surface area (Å²) in [6, 6.07) is 7.69. The van der Waals surface area contributed by atoms with E-state index in [1.54, 1.807) is 0 Å². The van der Waals surface area contributed by atoms with Gasteiger partial charge in [0.2, 0.25) is 0 Å². The summed E-state index contributed by atoms with van der Waals surface area (Å²) in [5.74, 6) is -2.20. The highest BCUT2D eigenvalue weighted by molar-refractivity contribution is 5.83. The van der Waals surface area contributed by atoms with Crippen molar-refractivity contribution < 1.29 is 45.4 Å². The number of alkyl halides is 6. The van der Waals surface area contributed by atoms with E-state index in [1.807, 2.05) is 10.9 Å². The molecule has 6 nitrogen and oxygen atoms in total. The summed E-state index contributed by atoms with van der Waals surface area (Å²) >= 11 is 0. The Labute approximate surface area is 165 Å². The van der Waals surface area contributed by atoms with Crippen LogP contribution in [0.25, 0.3) is 0 Å². The number of ether oxygens (including phenoxy) is 2. The van der Waals surface area contributed by atoms with Crippen molar-refractivity contribution in [1.29, 1.82) is 0 Å². The molecular formula is C18H14F6N2O4. The number of carbonyl (C=O) groups is 2. The Morgan fingerprint density at radius 2 is 1.07 bits per heavy atom. The maximum absolute atomic E-state index is 12.6. The Morgan fingerprint density at radius 3 is 1.40 bits per heavy atom. The molecular weight excluding hydrogens is 422 g/mol. The van der Waals surface area contributed by atoms with Gasteiger partial charge in [0.25, 0.3) is 11.8 Å². The fourth-order valence-electron chi connectivity index (χ4n) is 2.03. The third-order valence-electron chi connectivity index (χ3n) is 3.40. The summed E-state index contributed by atoms with van der Waals surface area (Å²) < 4.78 is 85.4. The Bertz CT molecular complexity index is 825. The molecule has 0 saturated heterocycles. The Hall–Kier alpha value is -3.44. The van der Waals surface area contributed by atoms with Crippen molar-refractivity contribution in [2.24, 2.45) is 0 Å². The first kappa shape index (κ1) is 22.8. The van der Waals surface area contributed by atoms with Crippen LogP contribution in [0.3, 0.4) is 0 Å². The standard InChI is InChI=1S/C18H14F6N2O4/c19-17(20,21)11-3-1-5-13(7-11)29-9-15(27)25-26-16(28)10-30-14-6-2-4-12(8-14)18(22,23)24/h1-8H,9-10H2,(H,25,27)(H,26,28). The van der Waals surface area contributed by atoms with Crippen molar-refractivity contribution in [1.82, 2.24) is 10.9 Å². The van der Waals surface area contributed by atoms with Gasteiger partial charge in [0.1, 0.15) is 11.5 Å². The van der Waals surface area contributed by atoms with Crippen molar-refractivity contribution in [3.63, 3.8) is 0 Å². The predicted octanol–water partition coefficient (Wildman–Crippen LogP) is 3.33. The van der Waals surface area contributed by atoms with Gasteiger partial charge in [-0.05, 0) is 36.4 Å². The molecule has 12 heteroatoms. The SMILES string of the molecule is O=C(COc1cccc(C(F)(F)F)c1)NNC(=O)COc1cccc(C(F)(F)F)c1. The topological polar surface area (TPSA) is 76.7 Å². The van der Waals surface area contributed by atoms with Crippen molar-refractivity contribution >= 4 is 11.8 Å². The van der Waals surface area contributed by atoms with Crippen molar-refractivity contribution in [2.75, 3.05) is 13.2 Å². The molecule has 0 saturated carbocycles. The lowest BCUT2D eigenvalue weighted by atomic mass is 10.2. The lowest BCUT2D eigenvalue weighted by Crippen LogP contribution is -2.45. The highest BCUT2D eigenvalue weighted by atomic mass is 19.4. The minimum absolute atomic E-state index is 0.209. The largest absolute Gasteiger partial charge is 0.484 e. The van der Waals surface area contributed by atoms with Gasteiger partial charge < -0.3 is 9.47 Å². The second kappa shape index (κ2) is 9.37. The molecule has 2 amide bonds. The Kier molecular flexibility index (Phi) is 7.14. The molecule has 0 heterocycles. The van der Waals surface area contributed by atoms with E-state index in [1.165, 1.54) is 12.1 Å². The average Bonchev–Trinajstić information content (AvgIpc) is 2.68. The van der Waals surface area contributed by atoms with Crippen LogP contribution in [0.2, 0.25) is 0 Å². The first-order valence-corrected chi connectivity index (χ1v) is 8.13. The van der Waals surface area contributed by atoms with Crippen molar-refractivity contribution in [3.8, 4) is 11.5 Å². The molecule has 0 radical (unpaired) electrons. The van der Waals surface area contributed by atoms with Crippen molar-refractivity contribution in [3.05, 3.63) is 59.7 Å². The summed E-state index contributed by atoms with van der Waals surface area (Å²) in [5, 5.41) is 0. The number of carbonyl (C=O) groups excluding carboxylic acids is 2. The monoisotopic (exact) mass is 436 g/mol. The normalized spacial score (nSPS) is 11.5. The van der Waals surface area contributed by atoms with Gasteiger partial charge in [-0.3, -0.25) is 20.4 Å². The molecule has 0 aliphatic rings. The molecule has 0 spiro atoms. The van der Waals surface area contributed by atoms with Crippen LogP contribution in [0.5, 0.6) is 11.5 Å². The summed E-state index contributed by atoms with van der Waals surface area (Å²) in [7, 11) is 0. The predicted molar refractivity (Wildman–Crippen MR) is 90.2 cm³/mol. The number of nitrogens with one attached hydrogen (secondary N) is 2. The quantitative estimate of drug-likeness (QED) is 0.538. The van der Waals surface area contributed by atoms with E-state index >= 15 is 0 Å². The third-order valence-corrected chi connectivity index (χ3v) is 3.40. The van der Waals surface area contributed by atoms with Crippen LogP contribution in [0.1, 0.15) is 11.1 Å². The van der Waals surface area contributed by atoms with Gasteiger partial charge in [-0.2, -0.15) is 26.3 Å². The number of hydrazine groups is 1. The molecule has 0 bridgehead atoms. The second-order valence-corrected chi connectivity index (χ2v) is 5.72. The second-order valence-electron chi connectivity index (χ2n) is 5.72. The molecule has 30 heavy (non-hydrogen) atoms. The summed E-state index contributed by atoms with van der Waals surface area (Å²) in [5.41, 5.74) is 1.93. The van der Waals surface area contributed by atoms with Gasteiger partial charge in [-0.25, -0.2) is 0 Å². The smallest absolute Gasteiger partial charge is 0.416 e. The Balaban J connectivity index is 1.75. The zero-order valence-electron chi connectivity index (χ0n) is 14.9. The third kappa shape index (κ3) is 7.18. The van der Waals surface area contributed by atoms with Crippen LogP contribution in [0.4, 0.5) is 26.3 Å². The highest BCUT2D eigenvalue weighted by Crippen LogP contribution is 2.32. The number of rotatable bonds is 6. The van der Waals surface area contributed by atoms with E-state index < -0.39 is 48.5 Å². The van der Waals surface area contributed by atoms with Gasteiger partial charge in [0.05, 0.1) is 11.1 Å². The van der Waals surface area contributed by atoms with Crippen LogP contribution in [0, 0.1) is 0 Å². The zero-order valence-corrected chi connectivity index (χ0v) is 14.9. The maximum Gasteiger partial charge on any atom is 0.416 e. The van der Waals surface area contributed by atoms with Crippen LogP contribution in [-0.2, 0) is 21.9 Å². The van der Waals surface area contributed by atoms with Crippen LogP contribution in [-0.4, -0.2) is 25.0 Å². The highest BCUT2D eigenvalue weighted by Gasteiger charge is 2.31. The zero-order chi connectivity index (χ0) is 22.4. The number of amides is 2. The van der Waals surface area contributed by atoms with E-state index in [-0.39, 0.29) is 11.5 Å². The van der Waals surface area contributed by atoms with Gasteiger partial charge in [0, 0.05) is 0 Å². The van der Waals surface area contributed by atoms with E-state index in [2.05, 4.69) is 0 Å². The van der Waals surface area contributed by atoms with Gasteiger partial charge in [-0.15, -0.1) is 0 Å². The van der Waals surface area contributed by atoms with Crippen LogP contribution < -0.4 is 20.3 Å². The van der Waals surface area contributed by atoms with E-state index in [9.17, 15) is 35.9 Å². The van der Waals surface area contributed by atoms with E-state index in [0.717, 1.165) is 24.3 Å². The van der Waals surface area contributed by atoms with E-state index in [4.69, 9.17) is 9.47 Å². The van der Waals surface area contributed by atoms with Gasteiger partial charge in [-0.1, -0.05) is 12.1 Å². The van der Waals surface area contributed by atoms with Crippen LogP contribution in [0.15, 0.2) is 48.5 Å². The molecule has 0 atom stereocenters. The fraction of sp³-hybridized carbons (Fsp3) is 0.222. The fourth-order valence-corrected chi connectivity index (χ4v) is 2.03. The molecule has 0 aliphatic heterocycles.